The summed E-state index contributed by atoms with van der Waals surface area (Å²) in [5.74, 6) is -0.314. The van der Waals surface area contributed by atoms with Crippen molar-refractivity contribution in [2.45, 2.75) is 32.6 Å². The molecule has 154 valence electrons. The summed E-state index contributed by atoms with van der Waals surface area (Å²) in [6, 6.07) is 8.54. The lowest BCUT2D eigenvalue weighted by Gasteiger charge is -2.19. The van der Waals surface area contributed by atoms with E-state index in [1.807, 2.05) is 13.0 Å². The summed E-state index contributed by atoms with van der Waals surface area (Å²) in [6.07, 6.45) is 7.45. The molecule has 0 spiro atoms. The number of nitrogens with one attached hydrogen (secondary N) is 1. The monoisotopic (exact) mass is 421 g/mol. The molecule has 1 aliphatic rings. The van der Waals surface area contributed by atoms with Gasteiger partial charge in [-0.15, -0.1) is 17.9 Å². The van der Waals surface area contributed by atoms with E-state index in [1.165, 1.54) is 17.6 Å². The number of thiazole rings is 1. The molecule has 0 fully saturated rings. The number of hydrogen-bond donors (Lipinski definition) is 1. The van der Waals surface area contributed by atoms with Crippen LogP contribution in [-0.4, -0.2) is 23.3 Å². The van der Waals surface area contributed by atoms with E-state index in [-0.39, 0.29) is 17.6 Å². The summed E-state index contributed by atoms with van der Waals surface area (Å²) in [4.78, 5) is 33.4. The Labute approximate surface area is 179 Å². The Kier molecular flexibility index (Phi) is 5.81. The molecule has 2 aromatic heterocycles. The number of carbonyl (C=O) groups excluding carboxylic acids is 2. The molecule has 7 heteroatoms. The number of benzene rings is 1. The molecule has 1 aromatic carbocycles. The van der Waals surface area contributed by atoms with Crippen LogP contribution in [0.1, 0.15) is 49.9 Å². The maximum absolute atomic E-state index is 13.3. The minimum absolute atomic E-state index is 0.172. The molecule has 2 heterocycles. The lowest BCUT2D eigenvalue weighted by Crippen LogP contribution is -2.31. The summed E-state index contributed by atoms with van der Waals surface area (Å²) < 4.78 is 5.15. The van der Waals surface area contributed by atoms with Crippen LogP contribution >= 0.6 is 11.3 Å². The standard InChI is InChI=1S/C23H23N3O3S/c1-3-12-26(23-25-17-7-4-5-9-20(17)30-23)22(28)16-11-10-15(2)18(14-16)24-21(27)19-8-6-13-29-19/h3,6,8,10-11,13-14H,1,4-5,7,9,12H2,2H3,(H,24,27). The van der Waals surface area contributed by atoms with Crippen LogP contribution in [0.2, 0.25) is 0 Å². The van der Waals surface area contributed by atoms with Crippen molar-refractivity contribution < 1.29 is 14.0 Å². The maximum Gasteiger partial charge on any atom is 0.291 e. The Morgan fingerprint density at radius 1 is 1.30 bits per heavy atom. The average molecular weight is 422 g/mol. The average Bonchev–Trinajstić information content (AvgIpc) is 3.43. The number of fused-ring (bicyclic) bond motifs is 1. The number of nitrogens with zero attached hydrogens (tertiary/aromatic N) is 2. The first-order chi connectivity index (χ1) is 14.6. The van der Waals surface area contributed by atoms with Gasteiger partial charge in [0.1, 0.15) is 0 Å². The van der Waals surface area contributed by atoms with Crippen molar-refractivity contribution in [2.24, 2.45) is 0 Å². The van der Waals surface area contributed by atoms with Gasteiger partial charge in [0.2, 0.25) is 0 Å². The lowest BCUT2D eigenvalue weighted by atomic mass is 10.0. The molecule has 4 rings (SSSR count). The normalized spacial score (nSPS) is 12.8. The number of aromatic nitrogens is 1. The van der Waals surface area contributed by atoms with Crippen molar-refractivity contribution in [1.82, 2.24) is 4.98 Å². The van der Waals surface area contributed by atoms with Gasteiger partial charge in [0.05, 0.1) is 12.0 Å². The first kappa shape index (κ1) is 20.1. The number of anilines is 2. The molecule has 30 heavy (non-hydrogen) atoms. The zero-order valence-electron chi connectivity index (χ0n) is 16.8. The third kappa shape index (κ3) is 4.07. The van der Waals surface area contributed by atoms with Crippen LogP contribution < -0.4 is 10.2 Å². The number of aryl methyl sites for hydroxylation is 3. The Bertz CT molecular complexity index is 1060. The van der Waals surface area contributed by atoms with Crippen molar-refractivity contribution in [2.75, 3.05) is 16.8 Å². The Morgan fingerprint density at radius 3 is 2.87 bits per heavy atom. The van der Waals surface area contributed by atoms with Crippen molar-refractivity contribution in [1.29, 1.82) is 0 Å². The molecule has 6 nitrogen and oxygen atoms in total. The fourth-order valence-electron chi connectivity index (χ4n) is 3.47. The second-order valence-corrected chi connectivity index (χ2v) is 8.30. The molecular formula is C23H23N3O3S. The van der Waals surface area contributed by atoms with Crippen molar-refractivity contribution in [3.63, 3.8) is 0 Å². The molecule has 0 atom stereocenters. The first-order valence-electron chi connectivity index (χ1n) is 9.93. The molecule has 0 saturated heterocycles. The molecule has 2 amide bonds. The summed E-state index contributed by atoms with van der Waals surface area (Å²) in [6.45, 7) is 6.04. The third-order valence-corrected chi connectivity index (χ3v) is 6.28. The predicted molar refractivity (Wildman–Crippen MR) is 118 cm³/mol. The molecule has 3 aromatic rings. The first-order valence-corrected chi connectivity index (χ1v) is 10.8. The highest BCUT2D eigenvalue weighted by Crippen LogP contribution is 2.32. The van der Waals surface area contributed by atoms with Crippen LogP contribution in [0.4, 0.5) is 10.8 Å². The quantitative estimate of drug-likeness (QED) is 0.568. The molecule has 1 N–H and O–H groups in total. The molecular weight excluding hydrogens is 398 g/mol. The van der Waals surface area contributed by atoms with Gasteiger partial charge >= 0.3 is 0 Å². The number of amides is 2. The van der Waals surface area contributed by atoms with Crippen LogP contribution in [0.5, 0.6) is 0 Å². The summed E-state index contributed by atoms with van der Waals surface area (Å²) in [5.41, 5.74) is 3.01. The van der Waals surface area contributed by atoms with E-state index in [0.29, 0.717) is 22.9 Å². The van der Waals surface area contributed by atoms with E-state index >= 15 is 0 Å². The summed E-state index contributed by atoms with van der Waals surface area (Å²) in [5, 5.41) is 3.52. The van der Waals surface area contributed by atoms with E-state index in [1.54, 1.807) is 46.6 Å². The van der Waals surface area contributed by atoms with Gasteiger partial charge in [-0.1, -0.05) is 12.1 Å². The van der Waals surface area contributed by atoms with Gasteiger partial charge in [0, 0.05) is 22.7 Å². The number of rotatable bonds is 6. The fraction of sp³-hybridized carbons (Fsp3) is 0.261. The van der Waals surface area contributed by atoms with Gasteiger partial charge in [0.25, 0.3) is 11.8 Å². The molecule has 0 radical (unpaired) electrons. The van der Waals surface area contributed by atoms with Crippen LogP contribution in [-0.2, 0) is 12.8 Å². The van der Waals surface area contributed by atoms with Gasteiger partial charge in [-0.2, -0.15) is 0 Å². The van der Waals surface area contributed by atoms with Crippen LogP contribution in [0.25, 0.3) is 0 Å². The predicted octanol–water partition coefficient (Wildman–Crippen LogP) is 5.01. The molecule has 0 bridgehead atoms. The number of hydrogen-bond acceptors (Lipinski definition) is 5. The largest absolute Gasteiger partial charge is 0.459 e. The van der Waals surface area contributed by atoms with Gasteiger partial charge in [-0.25, -0.2) is 4.98 Å². The zero-order chi connectivity index (χ0) is 21.1. The van der Waals surface area contributed by atoms with Gasteiger partial charge in [-0.05, 0) is 62.4 Å². The van der Waals surface area contributed by atoms with Gasteiger partial charge in [-0.3, -0.25) is 14.5 Å². The highest BCUT2D eigenvalue weighted by atomic mass is 32.1. The summed E-state index contributed by atoms with van der Waals surface area (Å²) >= 11 is 1.59. The second-order valence-electron chi connectivity index (χ2n) is 7.24. The Balaban J connectivity index is 1.61. The Hall–Kier alpha value is -3.19. The van der Waals surface area contributed by atoms with Crippen LogP contribution in [0.15, 0.2) is 53.7 Å². The van der Waals surface area contributed by atoms with Crippen molar-refractivity contribution in [3.05, 3.63) is 76.7 Å². The molecule has 0 aliphatic heterocycles. The molecule has 1 aliphatic carbocycles. The number of carbonyl (C=O) groups is 2. The second kappa shape index (κ2) is 8.67. The minimum atomic E-state index is -0.358. The highest BCUT2D eigenvalue weighted by Gasteiger charge is 2.24. The van der Waals surface area contributed by atoms with Crippen LogP contribution in [0, 0.1) is 6.92 Å². The van der Waals surface area contributed by atoms with Crippen molar-refractivity contribution in [3.8, 4) is 0 Å². The van der Waals surface area contributed by atoms with E-state index in [0.717, 1.165) is 30.5 Å². The van der Waals surface area contributed by atoms with Gasteiger partial charge in [0.15, 0.2) is 10.9 Å². The van der Waals surface area contributed by atoms with E-state index in [9.17, 15) is 9.59 Å². The maximum atomic E-state index is 13.3. The van der Waals surface area contributed by atoms with E-state index < -0.39 is 0 Å². The molecule has 0 saturated carbocycles. The number of furan rings is 1. The Morgan fingerprint density at radius 2 is 2.13 bits per heavy atom. The van der Waals surface area contributed by atoms with E-state index in [2.05, 4.69) is 11.9 Å². The van der Waals surface area contributed by atoms with Crippen molar-refractivity contribution >= 4 is 34.0 Å². The summed E-state index contributed by atoms with van der Waals surface area (Å²) in [7, 11) is 0. The third-order valence-electron chi connectivity index (χ3n) is 5.10. The zero-order valence-corrected chi connectivity index (χ0v) is 17.6. The fourth-order valence-corrected chi connectivity index (χ4v) is 4.62. The van der Waals surface area contributed by atoms with Gasteiger partial charge < -0.3 is 9.73 Å². The topological polar surface area (TPSA) is 75.4 Å². The highest BCUT2D eigenvalue weighted by molar-refractivity contribution is 7.16. The minimum Gasteiger partial charge on any atom is -0.459 e. The lowest BCUT2D eigenvalue weighted by molar-refractivity contribution is 0.0982. The van der Waals surface area contributed by atoms with Crippen LogP contribution in [0.3, 0.4) is 0 Å². The molecule has 0 unspecified atom stereocenters. The smallest absolute Gasteiger partial charge is 0.291 e. The van der Waals surface area contributed by atoms with E-state index in [4.69, 9.17) is 9.40 Å². The SMILES string of the molecule is C=CCN(C(=O)c1ccc(C)c(NC(=O)c2ccco2)c1)c1nc2c(s1)CCCC2.